The fraction of sp³-hybridized carbons (Fsp3) is 0.273. The van der Waals surface area contributed by atoms with Crippen molar-refractivity contribution in [2.45, 2.75) is 12.8 Å². The molecule has 1 saturated carbocycles. The van der Waals surface area contributed by atoms with Crippen LogP contribution in [0.3, 0.4) is 0 Å². The summed E-state index contributed by atoms with van der Waals surface area (Å²) in [6.07, 6.45) is 0.854. The molecular weight excluding hydrogens is 225 g/mol. The molecule has 0 spiro atoms. The van der Waals surface area contributed by atoms with E-state index in [9.17, 15) is 14.0 Å². The predicted molar refractivity (Wildman–Crippen MR) is 59.0 cm³/mol. The van der Waals surface area contributed by atoms with E-state index >= 15 is 0 Å². The smallest absolute Gasteiger partial charge is 0.249 e. The zero-order valence-electron chi connectivity index (χ0n) is 9.00. The second-order valence-corrected chi connectivity index (χ2v) is 3.99. The Kier molecular flexibility index (Phi) is 2.81. The molecule has 2 amide bonds. The van der Waals surface area contributed by atoms with Crippen LogP contribution in [0.5, 0.6) is 0 Å². The van der Waals surface area contributed by atoms with Gasteiger partial charge in [-0.15, -0.1) is 0 Å². The first-order chi connectivity index (χ1) is 8.10. The monoisotopic (exact) mass is 237 g/mol. The molecule has 0 aromatic heterocycles. The van der Waals surface area contributed by atoms with Crippen LogP contribution in [0.4, 0.5) is 10.1 Å². The third kappa shape index (κ3) is 1.99. The maximum atomic E-state index is 13.3. The molecule has 1 fully saturated rings. The fourth-order valence-corrected chi connectivity index (χ4v) is 1.62. The van der Waals surface area contributed by atoms with Crippen LogP contribution in [0, 0.1) is 11.2 Å². The van der Waals surface area contributed by atoms with Gasteiger partial charge >= 0.3 is 0 Å². The number of hydrogen-bond acceptors (Lipinski definition) is 3. The molecule has 6 heteroatoms. The van der Waals surface area contributed by atoms with Gasteiger partial charge in [0.2, 0.25) is 11.8 Å². The number of anilines is 1. The minimum Gasteiger partial charge on any atom is -0.323 e. The number of nitrogens with two attached hydrogens (primary N) is 1. The van der Waals surface area contributed by atoms with Crippen molar-refractivity contribution in [3.05, 3.63) is 30.1 Å². The predicted octanol–water partition coefficient (Wildman–Crippen LogP) is 0.534. The van der Waals surface area contributed by atoms with Gasteiger partial charge in [0.15, 0.2) is 0 Å². The van der Waals surface area contributed by atoms with E-state index in [2.05, 4.69) is 5.32 Å². The van der Waals surface area contributed by atoms with Crippen molar-refractivity contribution in [1.29, 1.82) is 0 Å². The molecule has 2 rings (SSSR count). The van der Waals surface area contributed by atoms with Gasteiger partial charge < -0.3 is 5.32 Å². The Morgan fingerprint density at radius 1 is 1.24 bits per heavy atom. The number of amides is 2. The average Bonchev–Trinajstić information content (AvgIpc) is 3.12. The van der Waals surface area contributed by atoms with Crippen LogP contribution in [-0.4, -0.2) is 11.8 Å². The van der Waals surface area contributed by atoms with E-state index in [1.165, 1.54) is 18.2 Å². The summed E-state index contributed by atoms with van der Waals surface area (Å²) in [4.78, 5) is 23.3. The number of hydrazine groups is 1. The lowest BCUT2D eigenvalue weighted by atomic mass is 10.1. The number of para-hydroxylation sites is 1. The molecule has 0 radical (unpaired) electrons. The normalized spacial score (nSPS) is 16.1. The Morgan fingerprint density at radius 2 is 1.88 bits per heavy atom. The van der Waals surface area contributed by atoms with Crippen molar-refractivity contribution in [2.24, 2.45) is 11.3 Å². The molecule has 1 aromatic rings. The lowest BCUT2D eigenvalue weighted by Crippen LogP contribution is -2.43. The van der Waals surface area contributed by atoms with E-state index in [1.807, 2.05) is 5.43 Å². The minimum atomic E-state index is -1.13. The summed E-state index contributed by atoms with van der Waals surface area (Å²) in [6, 6.07) is 5.79. The van der Waals surface area contributed by atoms with Crippen molar-refractivity contribution in [3.63, 3.8) is 0 Å². The number of nitrogens with one attached hydrogen (secondary N) is 2. The Hall–Kier alpha value is -1.95. The lowest BCUT2D eigenvalue weighted by Gasteiger charge is -2.13. The molecule has 1 aliphatic carbocycles. The topological polar surface area (TPSA) is 84.2 Å². The first-order valence-electron chi connectivity index (χ1n) is 5.17. The van der Waals surface area contributed by atoms with Gasteiger partial charge in [-0.25, -0.2) is 10.2 Å². The maximum Gasteiger partial charge on any atom is 0.249 e. The Morgan fingerprint density at radius 3 is 2.41 bits per heavy atom. The first kappa shape index (κ1) is 11.5. The summed E-state index contributed by atoms with van der Waals surface area (Å²) in [5.74, 6) is 3.41. The number of carbonyl (C=O) groups excluding carboxylic acids is 2. The van der Waals surface area contributed by atoms with E-state index < -0.39 is 23.0 Å². The van der Waals surface area contributed by atoms with Crippen molar-refractivity contribution in [2.75, 3.05) is 5.32 Å². The van der Waals surface area contributed by atoms with Gasteiger partial charge in [-0.05, 0) is 25.0 Å². The van der Waals surface area contributed by atoms with Crippen LogP contribution in [0.25, 0.3) is 0 Å². The maximum absolute atomic E-state index is 13.3. The Bertz CT molecular complexity index is 472. The number of hydrogen-bond donors (Lipinski definition) is 3. The Labute approximate surface area is 97.1 Å². The second kappa shape index (κ2) is 4.14. The molecule has 1 aromatic carbocycles. The van der Waals surface area contributed by atoms with E-state index in [1.54, 1.807) is 6.07 Å². The quantitative estimate of drug-likeness (QED) is 0.310. The second-order valence-electron chi connectivity index (χ2n) is 3.99. The van der Waals surface area contributed by atoms with Crippen LogP contribution in [-0.2, 0) is 9.59 Å². The molecule has 0 atom stereocenters. The largest absolute Gasteiger partial charge is 0.323 e. The highest BCUT2D eigenvalue weighted by molar-refractivity contribution is 6.12. The van der Waals surface area contributed by atoms with Gasteiger partial charge in [0.05, 0.1) is 5.69 Å². The van der Waals surface area contributed by atoms with Gasteiger partial charge in [-0.1, -0.05) is 12.1 Å². The zero-order valence-corrected chi connectivity index (χ0v) is 9.00. The van der Waals surface area contributed by atoms with E-state index in [-0.39, 0.29) is 5.69 Å². The highest BCUT2D eigenvalue weighted by Crippen LogP contribution is 2.46. The van der Waals surface area contributed by atoms with Crippen molar-refractivity contribution < 1.29 is 14.0 Å². The summed E-state index contributed by atoms with van der Waals surface area (Å²) >= 11 is 0. The number of rotatable bonds is 3. The average molecular weight is 237 g/mol. The lowest BCUT2D eigenvalue weighted by molar-refractivity contribution is -0.134. The molecule has 5 nitrogen and oxygen atoms in total. The summed E-state index contributed by atoms with van der Waals surface area (Å²) < 4.78 is 13.3. The first-order valence-corrected chi connectivity index (χ1v) is 5.17. The van der Waals surface area contributed by atoms with Gasteiger partial charge in [0, 0.05) is 0 Å². The highest BCUT2D eigenvalue weighted by Gasteiger charge is 2.56. The van der Waals surface area contributed by atoms with Crippen LogP contribution in [0.1, 0.15) is 12.8 Å². The minimum absolute atomic E-state index is 0.0635. The zero-order chi connectivity index (χ0) is 12.5. The molecule has 4 N–H and O–H groups in total. The highest BCUT2D eigenvalue weighted by atomic mass is 19.1. The molecule has 1 aliphatic rings. The van der Waals surface area contributed by atoms with Crippen molar-refractivity contribution >= 4 is 17.5 Å². The summed E-state index contributed by atoms with van der Waals surface area (Å²) in [5, 5.41) is 2.40. The number of halogens is 1. The van der Waals surface area contributed by atoms with Crippen LogP contribution < -0.4 is 16.6 Å². The van der Waals surface area contributed by atoms with Gasteiger partial charge in [0.1, 0.15) is 11.2 Å². The van der Waals surface area contributed by atoms with Crippen LogP contribution in [0.15, 0.2) is 24.3 Å². The molecule has 0 aliphatic heterocycles. The van der Waals surface area contributed by atoms with Gasteiger partial charge in [0.25, 0.3) is 0 Å². The molecule has 0 saturated heterocycles. The Balaban J connectivity index is 2.13. The fourth-order valence-electron chi connectivity index (χ4n) is 1.62. The molecule has 0 heterocycles. The SMILES string of the molecule is NNC(=O)C1(C(=O)Nc2ccccc2F)CC1. The molecule has 90 valence electrons. The molecule has 17 heavy (non-hydrogen) atoms. The third-order valence-electron chi connectivity index (χ3n) is 2.87. The molecule has 0 bridgehead atoms. The van der Waals surface area contributed by atoms with Crippen molar-refractivity contribution in [3.8, 4) is 0 Å². The summed E-state index contributed by atoms with van der Waals surface area (Å²) in [5.41, 5.74) is 0.891. The van der Waals surface area contributed by atoms with Gasteiger partial charge in [-0.2, -0.15) is 0 Å². The van der Waals surface area contributed by atoms with E-state index in [0.29, 0.717) is 12.8 Å². The van der Waals surface area contributed by atoms with Crippen LogP contribution >= 0.6 is 0 Å². The number of carbonyl (C=O) groups is 2. The molecular formula is C11H12FN3O2. The summed E-state index contributed by atoms with van der Waals surface area (Å²) in [7, 11) is 0. The van der Waals surface area contributed by atoms with Crippen molar-refractivity contribution in [1.82, 2.24) is 5.43 Å². The van der Waals surface area contributed by atoms with E-state index in [0.717, 1.165) is 0 Å². The van der Waals surface area contributed by atoms with Gasteiger partial charge in [-0.3, -0.25) is 15.0 Å². The summed E-state index contributed by atoms with van der Waals surface area (Å²) in [6.45, 7) is 0. The standard InChI is InChI=1S/C11H12FN3O2/c12-7-3-1-2-4-8(7)14-9(16)11(5-6-11)10(17)15-13/h1-4H,5-6,13H2,(H,14,16)(H,15,17). The molecule has 0 unspecified atom stereocenters. The third-order valence-corrected chi connectivity index (χ3v) is 2.87. The number of benzene rings is 1. The van der Waals surface area contributed by atoms with Crippen LogP contribution in [0.2, 0.25) is 0 Å². The van der Waals surface area contributed by atoms with E-state index in [4.69, 9.17) is 5.84 Å².